The Morgan fingerprint density at radius 2 is 1.50 bits per heavy atom. The van der Waals surface area contributed by atoms with Gasteiger partial charge in [-0.15, -0.1) is 0 Å². The number of hydrogen-bond donors (Lipinski definition) is 1. The minimum Gasteiger partial charge on any atom is -0.372 e. The number of hydrogen-bond acceptors (Lipinski definition) is 2. The molecular formula is C15H16BrNO. The summed E-state index contributed by atoms with van der Waals surface area (Å²) in [5.41, 5.74) is 9.07. The Kier molecular flexibility index (Phi) is 4.93. The first-order valence-electron chi connectivity index (χ1n) is 5.88. The molecule has 0 heterocycles. The number of ether oxygens (including phenoxy) is 1. The van der Waals surface area contributed by atoms with Gasteiger partial charge in [0.1, 0.15) is 0 Å². The first kappa shape index (κ1) is 13.3. The van der Waals surface area contributed by atoms with Crippen LogP contribution in [0.2, 0.25) is 0 Å². The number of rotatable bonds is 5. The molecule has 0 saturated carbocycles. The number of halogens is 1. The molecule has 0 radical (unpaired) electrons. The normalized spacial score (nSPS) is 10.6. The third-order valence-electron chi connectivity index (χ3n) is 2.65. The SMILES string of the molecule is NCc1cccc(COCc2cccc(Br)c2)c1. The van der Waals surface area contributed by atoms with E-state index in [1.54, 1.807) is 0 Å². The van der Waals surface area contributed by atoms with Crippen LogP contribution in [0, 0.1) is 0 Å². The second-order valence-corrected chi connectivity index (χ2v) is 5.06. The van der Waals surface area contributed by atoms with Crippen molar-refractivity contribution >= 4 is 15.9 Å². The van der Waals surface area contributed by atoms with Gasteiger partial charge in [0.25, 0.3) is 0 Å². The lowest BCUT2D eigenvalue weighted by Gasteiger charge is -2.06. The van der Waals surface area contributed by atoms with Crippen molar-refractivity contribution in [1.82, 2.24) is 0 Å². The molecule has 2 aromatic carbocycles. The highest BCUT2D eigenvalue weighted by atomic mass is 79.9. The van der Waals surface area contributed by atoms with Gasteiger partial charge in [0.05, 0.1) is 13.2 Å². The van der Waals surface area contributed by atoms with Crippen molar-refractivity contribution in [3.05, 3.63) is 69.7 Å². The van der Waals surface area contributed by atoms with E-state index in [4.69, 9.17) is 10.5 Å². The molecule has 2 aromatic rings. The van der Waals surface area contributed by atoms with Gasteiger partial charge in [0, 0.05) is 11.0 Å². The van der Waals surface area contributed by atoms with Gasteiger partial charge in [-0.2, -0.15) is 0 Å². The topological polar surface area (TPSA) is 35.2 Å². The third-order valence-corrected chi connectivity index (χ3v) is 3.15. The summed E-state index contributed by atoms with van der Waals surface area (Å²) in [7, 11) is 0. The van der Waals surface area contributed by atoms with Crippen molar-refractivity contribution in [1.29, 1.82) is 0 Å². The van der Waals surface area contributed by atoms with Crippen LogP contribution >= 0.6 is 15.9 Å². The maximum Gasteiger partial charge on any atom is 0.0721 e. The largest absolute Gasteiger partial charge is 0.372 e. The molecule has 0 unspecified atom stereocenters. The van der Waals surface area contributed by atoms with Crippen molar-refractivity contribution in [3.63, 3.8) is 0 Å². The minimum atomic E-state index is 0.569. The Balaban J connectivity index is 1.88. The van der Waals surface area contributed by atoms with Crippen LogP contribution in [-0.2, 0) is 24.5 Å². The van der Waals surface area contributed by atoms with Crippen LogP contribution in [0.4, 0.5) is 0 Å². The molecule has 3 heteroatoms. The van der Waals surface area contributed by atoms with Gasteiger partial charge in [0.2, 0.25) is 0 Å². The molecule has 18 heavy (non-hydrogen) atoms. The molecule has 0 spiro atoms. The summed E-state index contributed by atoms with van der Waals surface area (Å²) in [6.45, 7) is 1.80. The minimum absolute atomic E-state index is 0.569. The standard InChI is InChI=1S/C15H16BrNO/c16-15-6-2-5-14(8-15)11-18-10-13-4-1-3-12(7-13)9-17/h1-8H,9-11,17H2. The fourth-order valence-electron chi connectivity index (χ4n) is 1.76. The maximum absolute atomic E-state index is 5.70. The van der Waals surface area contributed by atoms with E-state index in [0.29, 0.717) is 19.8 Å². The fourth-order valence-corrected chi connectivity index (χ4v) is 2.21. The monoisotopic (exact) mass is 305 g/mol. The predicted molar refractivity (Wildman–Crippen MR) is 77.0 cm³/mol. The molecule has 2 N–H and O–H groups in total. The zero-order chi connectivity index (χ0) is 12.8. The Bertz CT molecular complexity index is 513. The van der Waals surface area contributed by atoms with Crippen molar-refractivity contribution in [2.45, 2.75) is 19.8 Å². The molecule has 0 atom stereocenters. The lowest BCUT2D eigenvalue weighted by molar-refractivity contribution is 0.107. The van der Waals surface area contributed by atoms with Gasteiger partial charge >= 0.3 is 0 Å². The van der Waals surface area contributed by atoms with Crippen molar-refractivity contribution < 1.29 is 4.74 Å². The zero-order valence-corrected chi connectivity index (χ0v) is 11.7. The predicted octanol–water partition coefficient (Wildman–Crippen LogP) is 3.62. The summed E-state index contributed by atoms with van der Waals surface area (Å²) < 4.78 is 6.78. The van der Waals surface area contributed by atoms with Gasteiger partial charge in [-0.3, -0.25) is 0 Å². The van der Waals surface area contributed by atoms with E-state index in [0.717, 1.165) is 15.6 Å². The second kappa shape index (κ2) is 6.69. The van der Waals surface area contributed by atoms with Crippen LogP contribution in [0.25, 0.3) is 0 Å². The fraction of sp³-hybridized carbons (Fsp3) is 0.200. The molecule has 0 aromatic heterocycles. The number of nitrogens with two attached hydrogens (primary N) is 1. The summed E-state index contributed by atoms with van der Waals surface area (Å²) in [6, 6.07) is 16.3. The van der Waals surface area contributed by atoms with Crippen LogP contribution in [0.1, 0.15) is 16.7 Å². The highest BCUT2D eigenvalue weighted by molar-refractivity contribution is 9.10. The highest BCUT2D eigenvalue weighted by Crippen LogP contribution is 2.13. The van der Waals surface area contributed by atoms with Crippen molar-refractivity contribution in [3.8, 4) is 0 Å². The molecule has 0 aliphatic rings. The Labute approximate surface area is 116 Å². The average molecular weight is 306 g/mol. The average Bonchev–Trinajstić information content (AvgIpc) is 2.39. The van der Waals surface area contributed by atoms with Gasteiger partial charge in [-0.05, 0) is 28.8 Å². The van der Waals surface area contributed by atoms with Crippen LogP contribution in [-0.4, -0.2) is 0 Å². The Morgan fingerprint density at radius 3 is 2.17 bits per heavy atom. The molecule has 0 aliphatic heterocycles. The smallest absolute Gasteiger partial charge is 0.0721 e. The van der Waals surface area contributed by atoms with E-state index >= 15 is 0 Å². The van der Waals surface area contributed by atoms with Crippen LogP contribution in [0.15, 0.2) is 53.0 Å². The zero-order valence-electron chi connectivity index (χ0n) is 10.1. The van der Waals surface area contributed by atoms with E-state index in [1.807, 2.05) is 24.3 Å². The second-order valence-electron chi connectivity index (χ2n) is 4.15. The molecule has 94 valence electrons. The molecule has 0 saturated heterocycles. The van der Waals surface area contributed by atoms with E-state index in [-0.39, 0.29) is 0 Å². The highest BCUT2D eigenvalue weighted by Gasteiger charge is 1.97. The lowest BCUT2D eigenvalue weighted by Crippen LogP contribution is -1.98. The molecule has 2 nitrogen and oxygen atoms in total. The molecular weight excluding hydrogens is 290 g/mol. The quantitative estimate of drug-likeness (QED) is 0.915. The van der Waals surface area contributed by atoms with E-state index in [1.165, 1.54) is 5.56 Å². The molecule has 0 bridgehead atoms. The van der Waals surface area contributed by atoms with Gasteiger partial charge in [-0.1, -0.05) is 52.3 Å². The van der Waals surface area contributed by atoms with Crippen LogP contribution in [0.3, 0.4) is 0 Å². The summed E-state index contributed by atoms with van der Waals surface area (Å²) in [5, 5.41) is 0. The summed E-state index contributed by atoms with van der Waals surface area (Å²) in [6.07, 6.45) is 0. The first-order chi connectivity index (χ1) is 8.78. The first-order valence-corrected chi connectivity index (χ1v) is 6.67. The van der Waals surface area contributed by atoms with Crippen molar-refractivity contribution in [2.24, 2.45) is 5.73 Å². The molecule has 0 aliphatic carbocycles. The Hall–Kier alpha value is -1.16. The van der Waals surface area contributed by atoms with Gasteiger partial charge in [0.15, 0.2) is 0 Å². The summed E-state index contributed by atoms with van der Waals surface area (Å²) in [4.78, 5) is 0. The maximum atomic E-state index is 5.70. The van der Waals surface area contributed by atoms with E-state index in [9.17, 15) is 0 Å². The van der Waals surface area contributed by atoms with Crippen molar-refractivity contribution in [2.75, 3.05) is 0 Å². The van der Waals surface area contributed by atoms with E-state index in [2.05, 4.69) is 40.2 Å². The van der Waals surface area contributed by atoms with Crippen LogP contribution in [0.5, 0.6) is 0 Å². The summed E-state index contributed by atoms with van der Waals surface area (Å²) in [5.74, 6) is 0. The lowest BCUT2D eigenvalue weighted by atomic mass is 10.1. The third kappa shape index (κ3) is 3.95. The summed E-state index contributed by atoms with van der Waals surface area (Å²) >= 11 is 3.45. The van der Waals surface area contributed by atoms with E-state index < -0.39 is 0 Å². The molecule has 2 rings (SSSR count). The molecule has 0 fully saturated rings. The van der Waals surface area contributed by atoms with Gasteiger partial charge < -0.3 is 10.5 Å². The van der Waals surface area contributed by atoms with Gasteiger partial charge in [-0.25, -0.2) is 0 Å². The number of benzene rings is 2. The Morgan fingerprint density at radius 1 is 0.889 bits per heavy atom. The molecule has 0 amide bonds. The van der Waals surface area contributed by atoms with Crippen LogP contribution < -0.4 is 5.73 Å².